The molecule has 0 spiro atoms. The highest BCUT2D eigenvalue weighted by atomic mass is 16.4. The molecule has 110 valence electrons. The Labute approximate surface area is 111 Å². The van der Waals surface area contributed by atoms with Gasteiger partial charge in [-0.25, -0.2) is 4.79 Å². The van der Waals surface area contributed by atoms with Crippen LogP contribution in [0.2, 0.25) is 0 Å². The molecule has 0 aromatic carbocycles. The van der Waals surface area contributed by atoms with Gasteiger partial charge in [0.05, 0.1) is 12.6 Å². The Balaban J connectivity index is 4.17. The van der Waals surface area contributed by atoms with Crippen LogP contribution in [0.1, 0.15) is 20.3 Å². The summed E-state index contributed by atoms with van der Waals surface area (Å²) in [5.41, 5.74) is 5.57. The van der Waals surface area contributed by atoms with Crippen molar-refractivity contribution in [3.05, 3.63) is 0 Å². The SMILES string of the molecule is CC(C)[C@H](N)C(=O)NCC(=O)N[C@H](CCO)C(=O)O. The molecule has 0 aliphatic carbocycles. The lowest BCUT2D eigenvalue weighted by Crippen LogP contribution is -2.49. The fraction of sp³-hybridized carbons (Fsp3) is 0.727. The van der Waals surface area contributed by atoms with Crippen LogP contribution < -0.4 is 16.4 Å². The van der Waals surface area contributed by atoms with E-state index in [1.807, 2.05) is 0 Å². The molecule has 19 heavy (non-hydrogen) atoms. The molecule has 0 aromatic rings. The molecular formula is C11H21N3O5. The molecule has 0 heterocycles. The van der Waals surface area contributed by atoms with Crippen molar-refractivity contribution in [2.45, 2.75) is 32.4 Å². The van der Waals surface area contributed by atoms with Crippen molar-refractivity contribution in [3.8, 4) is 0 Å². The first-order chi connectivity index (χ1) is 8.79. The van der Waals surface area contributed by atoms with E-state index in [1.165, 1.54) is 0 Å². The maximum atomic E-state index is 11.5. The number of nitrogens with two attached hydrogens (primary N) is 1. The highest BCUT2D eigenvalue weighted by molar-refractivity contribution is 5.89. The summed E-state index contributed by atoms with van der Waals surface area (Å²) in [6.07, 6.45) is -0.0967. The standard InChI is InChI=1S/C11H21N3O5/c1-6(2)9(12)10(17)13-5-8(16)14-7(3-4-15)11(18)19/h6-7,9,15H,3-5,12H2,1-2H3,(H,13,17)(H,14,16)(H,18,19)/t7-,9+/m1/s1. The second kappa shape index (κ2) is 8.44. The van der Waals surface area contributed by atoms with Crippen LogP contribution >= 0.6 is 0 Å². The molecule has 8 nitrogen and oxygen atoms in total. The molecule has 0 aliphatic rings. The summed E-state index contributed by atoms with van der Waals surface area (Å²) in [6, 6.07) is -1.89. The van der Waals surface area contributed by atoms with Gasteiger partial charge in [-0.05, 0) is 5.92 Å². The van der Waals surface area contributed by atoms with Gasteiger partial charge in [-0.3, -0.25) is 9.59 Å². The van der Waals surface area contributed by atoms with E-state index in [9.17, 15) is 14.4 Å². The first-order valence-electron chi connectivity index (χ1n) is 5.95. The van der Waals surface area contributed by atoms with E-state index < -0.39 is 29.9 Å². The van der Waals surface area contributed by atoms with E-state index in [1.54, 1.807) is 13.8 Å². The molecule has 0 saturated carbocycles. The van der Waals surface area contributed by atoms with Crippen molar-refractivity contribution in [2.24, 2.45) is 11.7 Å². The number of carboxylic acids is 1. The van der Waals surface area contributed by atoms with Crippen LogP contribution in [0.5, 0.6) is 0 Å². The number of aliphatic hydroxyl groups excluding tert-OH is 1. The maximum absolute atomic E-state index is 11.5. The largest absolute Gasteiger partial charge is 0.480 e. The Morgan fingerprint density at radius 1 is 1.26 bits per heavy atom. The van der Waals surface area contributed by atoms with Crippen molar-refractivity contribution >= 4 is 17.8 Å². The van der Waals surface area contributed by atoms with Crippen molar-refractivity contribution in [3.63, 3.8) is 0 Å². The molecule has 0 fully saturated rings. The van der Waals surface area contributed by atoms with Crippen LogP contribution in [0.25, 0.3) is 0 Å². The zero-order valence-electron chi connectivity index (χ0n) is 11.0. The predicted octanol–water partition coefficient (Wildman–Crippen LogP) is -1.96. The van der Waals surface area contributed by atoms with E-state index >= 15 is 0 Å². The summed E-state index contributed by atoms with van der Waals surface area (Å²) in [4.78, 5) is 33.6. The quantitative estimate of drug-likeness (QED) is 0.348. The number of rotatable bonds is 8. The Bertz CT molecular complexity index is 332. The van der Waals surface area contributed by atoms with Crippen molar-refractivity contribution in [1.29, 1.82) is 0 Å². The van der Waals surface area contributed by atoms with E-state index in [0.717, 1.165) is 0 Å². The number of aliphatic carboxylic acids is 1. The predicted molar refractivity (Wildman–Crippen MR) is 67.1 cm³/mol. The lowest BCUT2D eigenvalue weighted by atomic mass is 10.1. The Morgan fingerprint density at radius 3 is 2.26 bits per heavy atom. The number of hydrogen-bond acceptors (Lipinski definition) is 5. The topological polar surface area (TPSA) is 142 Å². The third kappa shape index (κ3) is 6.73. The number of carbonyl (C=O) groups excluding carboxylic acids is 2. The van der Waals surface area contributed by atoms with Gasteiger partial charge < -0.3 is 26.6 Å². The van der Waals surface area contributed by atoms with Crippen molar-refractivity contribution in [2.75, 3.05) is 13.2 Å². The fourth-order valence-corrected chi connectivity index (χ4v) is 1.22. The summed E-state index contributed by atoms with van der Waals surface area (Å²) in [5.74, 6) is -2.43. The van der Waals surface area contributed by atoms with Crippen LogP contribution in [0, 0.1) is 5.92 Å². The van der Waals surface area contributed by atoms with Crippen LogP contribution in [-0.4, -0.2) is 53.2 Å². The number of amides is 2. The van der Waals surface area contributed by atoms with Gasteiger partial charge in [-0.15, -0.1) is 0 Å². The van der Waals surface area contributed by atoms with E-state index in [0.29, 0.717) is 0 Å². The summed E-state index contributed by atoms with van der Waals surface area (Å²) in [5, 5.41) is 21.9. The van der Waals surface area contributed by atoms with Gasteiger partial charge in [0.15, 0.2) is 0 Å². The fourth-order valence-electron chi connectivity index (χ4n) is 1.22. The highest BCUT2D eigenvalue weighted by Crippen LogP contribution is 1.97. The zero-order valence-corrected chi connectivity index (χ0v) is 11.0. The Hall–Kier alpha value is -1.67. The van der Waals surface area contributed by atoms with Gasteiger partial charge in [0, 0.05) is 13.0 Å². The minimum absolute atomic E-state index is 0.0655. The molecule has 0 aromatic heterocycles. The molecule has 0 aliphatic heterocycles. The Morgan fingerprint density at radius 2 is 1.84 bits per heavy atom. The van der Waals surface area contributed by atoms with Gasteiger partial charge in [0.2, 0.25) is 11.8 Å². The number of nitrogens with one attached hydrogen (secondary N) is 2. The first kappa shape index (κ1) is 17.3. The van der Waals surface area contributed by atoms with Gasteiger partial charge in [0.1, 0.15) is 6.04 Å². The molecule has 6 N–H and O–H groups in total. The average molecular weight is 275 g/mol. The molecule has 0 radical (unpaired) electrons. The van der Waals surface area contributed by atoms with Gasteiger partial charge >= 0.3 is 5.97 Å². The monoisotopic (exact) mass is 275 g/mol. The molecule has 0 rings (SSSR count). The van der Waals surface area contributed by atoms with E-state index in [-0.39, 0.29) is 25.5 Å². The van der Waals surface area contributed by atoms with Crippen molar-refractivity contribution in [1.82, 2.24) is 10.6 Å². The lowest BCUT2D eigenvalue weighted by Gasteiger charge is -2.16. The highest BCUT2D eigenvalue weighted by Gasteiger charge is 2.21. The number of aliphatic hydroxyl groups is 1. The minimum Gasteiger partial charge on any atom is -0.480 e. The summed E-state index contributed by atoms with van der Waals surface area (Å²) < 4.78 is 0. The van der Waals surface area contributed by atoms with Gasteiger partial charge in [0.25, 0.3) is 0 Å². The second-order valence-electron chi connectivity index (χ2n) is 4.46. The van der Waals surface area contributed by atoms with E-state index in [4.69, 9.17) is 15.9 Å². The number of carboxylic acid groups (broad SMARTS) is 1. The number of hydrogen-bond donors (Lipinski definition) is 5. The minimum atomic E-state index is -1.24. The molecule has 0 unspecified atom stereocenters. The number of carbonyl (C=O) groups is 3. The van der Waals surface area contributed by atoms with Gasteiger partial charge in [-0.2, -0.15) is 0 Å². The molecular weight excluding hydrogens is 254 g/mol. The second-order valence-corrected chi connectivity index (χ2v) is 4.46. The smallest absolute Gasteiger partial charge is 0.326 e. The van der Waals surface area contributed by atoms with E-state index in [2.05, 4.69) is 10.6 Å². The van der Waals surface area contributed by atoms with Crippen LogP contribution in [-0.2, 0) is 14.4 Å². The van der Waals surface area contributed by atoms with Gasteiger partial charge in [-0.1, -0.05) is 13.8 Å². The maximum Gasteiger partial charge on any atom is 0.326 e. The summed E-state index contributed by atoms with van der Waals surface area (Å²) in [7, 11) is 0. The van der Waals surface area contributed by atoms with Crippen LogP contribution in [0.4, 0.5) is 0 Å². The Kier molecular flexibility index (Phi) is 7.69. The third-order valence-corrected chi connectivity index (χ3v) is 2.50. The van der Waals surface area contributed by atoms with Crippen LogP contribution in [0.15, 0.2) is 0 Å². The summed E-state index contributed by atoms with van der Waals surface area (Å²) >= 11 is 0. The molecule has 0 bridgehead atoms. The molecule has 2 atom stereocenters. The zero-order chi connectivity index (χ0) is 15.0. The average Bonchev–Trinajstić information content (AvgIpc) is 2.34. The molecule has 8 heteroatoms. The summed E-state index contributed by atoms with van der Waals surface area (Å²) in [6.45, 7) is 2.83. The first-order valence-corrected chi connectivity index (χ1v) is 5.95. The van der Waals surface area contributed by atoms with Crippen LogP contribution in [0.3, 0.4) is 0 Å². The molecule has 2 amide bonds. The normalized spacial score (nSPS) is 13.7. The lowest BCUT2D eigenvalue weighted by molar-refractivity contribution is -0.142. The van der Waals surface area contributed by atoms with Crippen molar-refractivity contribution < 1.29 is 24.6 Å². The molecule has 0 saturated heterocycles. The third-order valence-electron chi connectivity index (χ3n) is 2.50.